The first-order valence-corrected chi connectivity index (χ1v) is 6.14. The molecule has 2 heterocycles. The summed E-state index contributed by atoms with van der Waals surface area (Å²) in [6.45, 7) is 2.49. The highest BCUT2D eigenvalue weighted by molar-refractivity contribution is 7.09. The first kappa shape index (κ1) is 12.3. The van der Waals surface area contributed by atoms with Crippen molar-refractivity contribution in [2.24, 2.45) is 5.73 Å². The lowest BCUT2D eigenvalue weighted by molar-refractivity contribution is 0.100. The SMILES string of the molecule is Cc1nc(CNc2cc(C(N)=O)c(N)cn2)cs1. The van der Waals surface area contributed by atoms with Gasteiger partial charge in [0.15, 0.2) is 0 Å². The van der Waals surface area contributed by atoms with Crippen molar-refractivity contribution < 1.29 is 4.79 Å². The van der Waals surface area contributed by atoms with Crippen molar-refractivity contribution in [1.29, 1.82) is 0 Å². The number of carbonyl (C=O) groups is 1. The van der Waals surface area contributed by atoms with Crippen LogP contribution in [0, 0.1) is 6.92 Å². The van der Waals surface area contributed by atoms with Gasteiger partial charge in [0, 0.05) is 5.38 Å². The van der Waals surface area contributed by atoms with Gasteiger partial charge in [-0.25, -0.2) is 9.97 Å². The number of nitrogens with zero attached hydrogens (tertiary/aromatic N) is 2. The van der Waals surface area contributed by atoms with Crippen molar-refractivity contribution in [2.45, 2.75) is 13.5 Å². The van der Waals surface area contributed by atoms with Crippen LogP contribution in [0.3, 0.4) is 0 Å². The molecule has 0 radical (unpaired) electrons. The van der Waals surface area contributed by atoms with Gasteiger partial charge in [0.25, 0.3) is 5.91 Å². The van der Waals surface area contributed by atoms with Crippen molar-refractivity contribution in [3.05, 3.63) is 33.9 Å². The van der Waals surface area contributed by atoms with Crippen LogP contribution in [0.15, 0.2) is 17.6 Å². The molecule has 0 atom stereocenters. The van der Waals surface area contributed by atoms with Crippen molar-refractivity contribution in [1.82, 2.24) is 9.97 Å². The molecule has 2 aromatic rings. The van der Waals surface area contributed by atoms with Crippen LogP contribution in [0.2, 0.25) is 0 Å². The lowest BCUT2D eigenvalue weighted by Gasteiger charge is -2.06. The summed E-state index contributed by atoms with van der Waals surface area (Å²) in [5.41, 5.74) is 12.3. The Morgan fingerprint density at radius 3 is 2.94 bits per heavy atom. The third-order valence-corrected chi connectivity index (χ3v) is 3.14. The summed E-state index contributed by atoms with van der Waals surface area (Å²) in [7, 11) is 0. The number of anilines is 2. The minimum absolute atomic E-state index is 0.266. The molecule has 0 saturated carbocycles. The fourth-order valence-corrected chi connectivity index (χ4v) is 2.06. The van der Waals surface area contributed by atoms with E-state index in [9.17, 15) is 4.79 Å². The van der Waals surface area contributed by atoms with E-state index in [1.807, 2.05) is 12.3 Å². The zero-order valence-corrected chi connectivity index (χ0v) is 10.6. The van der Waals surface area contributed by atoms with E-state index in [1.165, 1.54) is 12.3 Å². The van der Waals surface area contributed by atoms with Gasteiger partial charge in [-0.1, -0.05) is 0 Å². The van der Waals surface area contributed by atoms with Crippen LogP contribution in [0.1, 0.15) is 21.1 Å². The number of thiazole rings is 1. The first-order chi connectivity index (χ1) is 8.56. The van der Waals surface area contributed by atoms with E-state index >= 15 is 0 Å². The number of nitrogens with two attached hydrogens (primary N) is 2. The quantitative estimate of drug-likeness (QED) is 0.766. The van der Waals surface area contributed by atoms with Crippen molar-refractivity contribution in [3.8, 4) is 0 Å². The number of aromatic nitrogens is 2. The molecule has 0 spiro atoms. The Kier molecular flexibility index (Phi) is 3.42. The lowest BCUT2D eigenvalue weighted by atomic mass is 10.2. The molecule has 0 aliphatic heterocycles. The summed E-state index contributed by atoms with van der Waals surface area (Å²) < 4.78 is 0. The van der Waals surface area contributed by atoms with Crippen LogP contribution in [-0.2, 0) is 6.54 Å². The number of rotatable bonds is 4. The van der Waals surface area contributed by atoms with E-state index < -0.39 is 5.91 Å². The van der Waals surface area contributed by atoms with Gasteiger partial charge in [0.05, 0.1) is 34.7 Å². The molecule has 94 valence electrons. The second kappa shape index (κ2) is 5.01. The Morgan fingerprint density at radius 1 is 1.56 bits per heavy atom. The fourth-order valence-electron chi connectivity index (χ4n) is 1.45. The fraction of sp³-hybridized carbons (Fsp3) is 0.182. The average Bonchev–Trinajstić information content (AvgIpc) is 2.74. The zero-order chi connectivity index (χ0) is 13.1. The minimum atomic E-state index is -0.567. The van der Waals surface area contributed by atoms with E-state index in [-0.39, 0.29) is 11.3 Å². The van der Waals surface area contributed by atoms with E-state index in [0.29, 0.717) is 12.4 Å². The number of nitrogen functional groups attached to an aromatic ring is 1. The lowest BCUT2D eigenvalue weighted by Crippen LogP contribution is -2.14. The van der Waals surface area contributed by atoms with Crippen LogP contribution >= 0.6 is 11.3 Å². The number of hydrogen-bond acceptors (Lipinski definition) is 6. The largest absolute Gasteiger partial charge is 0.397 e. The topological polar surface area (TPSA) is 107 Å². The van der Waals surface area contributed by atoms with Gasteiger partial charge in [-0.3, -0.25) is 4.79 Å². The van der Waals surface area contributed by atoms with Crippen molar-refractivity contribution in [2.75, 3.05) is 11.1 Å². The average molecular weight is 263 g/mol. The zero-order valence-electron chi connectivity index (χ0n) is 9.80. The van der Waals surface area contributed by atoms with Gasteiger partial charge in [0.1, 0.15) is 5.82 Å². The molecule has 0 fully saturated rings. The van der Waals surface area contributed by atoms with Gasteiger partial charge >= 0.3 is 0 Å². The molecule has 0 aliphatic carbocycles. The molecule has 6 nitrogen and oxygen atoms in total. The number of pyridine rings is 1. The maximum absolute atomic E-state index is 11.1. The Balaban J connectivity index is 2.10. The maximum atomic E-state index is 11.1. The van der Waals surface area contributed by atoms with Crippen molar-refractivity contribution >= 4 is 28.7 Å². The standard InChI is InChI=1S/C11H13N5OS/c1-6-16-7(5-18-6)3-14-10-2-8(11(13)17)9(12)4-15-10/h2,4-5H,3,12H2,1H3,(H2,13,17)(H,14,15). The molecule has 0 bridgehead atoms. The highest BCUT2D eigenvalue weighted by atomic mass is 32.1. The second-order valence-electron chi connectivity index (χ2n) is 3.73. The molecular weight excluding hydrogens is 250 g/mol. The minimum Gasteiger partial charge on any atom is -0.397 e. The Bertz CT molecular complexity index is 581. The number of primary amides is 1. The summed E-state index contributed by atoms with van der Waals surface area (Å²) in [6.07, 6.45) is 1.41. The molecule has 2 aromatic heterocycles. The number of hydrogen-bond donors (Lipinski definition) is 3. The number of carbonyl (C=O) groups excluding carboxylic acids is 1. The van der Waals surface area contributed by atoms with E-state index in [2.05, 4.69) is 15.3 Å². The van der Waals surface area contributed by atoms with Gasteiger partial charge in [-0.15, -0.1) is 11.3 Å². The van der Waals surface area contributed by atoms with Crippen LogP contribution in [0.4, 0.5) is 11.5 Å². The normalized spacial score (nSPS) is 10.3. The third kappa shape index (κ3) is 2.75. The predicted octanol–water partition coefficient (Wildman–Crippen LogP) is 1.14. The summed E-state index contributed by atoms with van der Waals surface area (Å²) in [5, 5.41) is 6.04. The molecule has 0 aliphatic rings. The Labute approximate surface area is 108 Å². The molecule has 0 unspecified atom stereocenters. The second-order valence-corrected chi connectivity index (χ2v) is 4.79. The number of aryl methyl sites for hydroxylation is 1. The van der Waals surface area contributed by atoms with Crippen LogP contribution in [-0.4, -0.2) is 15.9 Å². The van der Waals surface area contributed by atoms with Crippen molar-refractivity contribution in [3.63, 3.8) is 0 Å². The molecule has 7 heteroatoms. The van der Waals surface area contributed by atoms with Gasteiger partial charge < -0.3 is 16.8 Å². The molecule has 18 heavy (non-hydrogen) atoms. The van der Waals surface area contributed by atoms with Gasteiger partial charge in [-0.05, 0) is 13.0 Å². The molecule has 5 N–H and O–H groups in total. The Morgan fingerprint density at radius 2 is 2.33 bits per heavy atom. The predicted molar refractivity (Wildman–Crippen MR) is 71.3 cm³/mol. The van der Waals surface area contributed by atoms with Crippen LogP contribution in [0.5, 0.6) is 0 Å². The maximum Gasteiger partial charge on any atom is 0.250 e. The molecule has 1 amide bonds. The third-order valence-electron chi connectivity index (χ3n) is 2.32. The summed E-state index contributed by atoms with van der Waals surface area (Å²) in [5.74, 6) is -0.0221. The molecular formula is C11H13N5OS. The highest BCUT2D eigenvalue weighted by Crippen LogP contribution is 2.15. The summed E-state index contributed by atoms with van der Waals surface area (Å²) >= 11 is 1.58. The molecule has 2 rings (SSSR count). The molecule has 0 aromatic carbocycles. The monoisotopic (exact) mass is 263 g/mol. The van der Waals surface area contributed by atoms with Gasteiger partial charge in [0.2, 0.25) is 0 Å². The summed E-state index contributed by atoms with van der Waals surface area (Å²) in [6, 6.07) is 1.54. The van der Waals surface area contributed by atoms with E-state index in [4.69, 9.17) is 11.5 Å². The first-order valence-electron chi connectivity index (χ1n) is 5.26. The number of amides is 1. The van der Waals surface area contributed by atoms with Crippen LogP contribution in [0.25, 0.3) is 0 Å². The van der Waals surface area contributed by atoms with Gasteiger partial charge in [-0.2, -0.15) is 0 Å². The smallest absolute Gasteiger partial charge is 0.250 e. The molecule has 0 saturated heterocycles. The summed E-state index contributed by atoms with van der Waals surface area (Å²) in [4.78, 5) is 19.5. The van der Waals surface area contributed by atoms with E-state index in [1.54, 1.807) is 11.3 Å². The van der Waals surface area contributed by atoms with Crippen LogP contribution < -0.4 is 16.8 Å². The van der Waals surface area contributed by atoms with E-state index in [0.717, 1.165) is 10.7 Å². The Hall–Kier alpha value is -2.15. The highest BCUT2D eigenvalue weighted by Gasteiger charge is 2.08. The number of nitrogens with one attached hydrogen (secondary N) is 1.